The fourth-order valence-electron chi connectivity index (χ4n) is 3.59. The predicted molar refractivity (Wildman–Crippen MR) is 122 cm³/mol. The number of ether oxygens (including phenoxy) is 2. The molecule has 0 aromatic heterocycles. The highest BCUT2D eigenvalue weighted by molar-refractivity contribution is 6.11. The number of aromatic hydroxyl groups is 1. The summed E-state index contributed by atoms with van der Waals surface area (Å²) in [7, 11) is 6.31. The van der Waals surface area contributed by atoms with Crippen molar-refractivity contribution in [2.75, 3.05) is 33.6 Å². The molecule has 0 radical (unpaired) electrons. The van der Waals surface area contributed by atoms with E-state index >= 15 is 0 Å². The Bertz CT molecular complexity index is 1030. The monoisotopic (exact) mass is 439 g/mol. The van der Waals surface area contributed by atoms with Crippen LogP contribution in [0.25, 0.3) is 0 Å². The van der Waals surface area contributed by atoms with Crippen molar-refractivity contribution in [1.29, 1.82) is 0 Å². The maximum atomic E-state index is 12.7. The summed E-state index contributed by atoms with van der Waals surface area (Å²) >= 11 is 0. The highest BCUT2D eigenvalue weighted by Crippen LogP contribution is 2.34. The minimum absolute atomic E-state index is 0.0614. The van der Waals surface area contributed by atoms with Gasteiger partial charge in [-0.2, -0.15) is 0 Å². The number of carbonyl (C=O) groups is 2. The second-order valence-corrected chi connectivity index (χ2v) is 7.67. The number of nitrogens with zero attached hydrogens (tertiary/aromatic N) is 1. The smallest absolute Gasteiger partial charge is 0.257 e. The lowest BCUT2D eigenvalue weighted by Crippen LogP contribution is -2.47. The fourth-order valence-corrected chi connectivity index (χ4v) is 3.59. The van der Waals surface area contributed by atoms with Gasteiger partial charge in [0.25, 0.3) is 5.91 Å². The number of anilines is 1. The van der Waals surface area contributed by atoms with E-state index < -0.39 is 6.10 Å². The molecule has 2 aromatic rings. The summed E-state index contributed by atoms with van der Waals surface area (Å²) in [5.41, 5.74) is 2.36. The molecule has 0 saturated heterocycles. The predicted octanol–water partition coefficient (Wildman–Crippen LogP) is 3.06. The summed E-state index contributed by atoms with van der Waals surface area (Å²) in [6.07, 6.45) is 0.0461. The van der Waals surface area contributed by atoms with Crippen molar-refractivity contribution in [1.82, 2.24) is 10.2 Å². The fraction of sp³-hybridized carbons (Fsp3) is 0.333. The number of methoxy groups -OCH3 is 2. The third kappa shape index (κ3) is 4.40. The van der Waals surface area contributed by atoms with E-state index in [-0.39, 0.29) is 34.7 Å². The van der Waals surface area contributed by atoms with Gasteiger partial charge in [0.2, 0.25) is 5.78 Å². The van der Waals surface area contributed by atoms with Crippen molar-refractivity contribution in [3.05, 3.63) is 65.0 Å². The molecule has 0 fully saturated rings. The molecule has 0 aliphatic heterocycles. The molecule has 3 N–H and O–H groups in total. The van der Waals surface area contributed by atoms with E-state index in [9.17, 15) is 14.7 Å². The maximum Gasteiger partial charge on any atom is 0.257 e. The van der Waals surface area contributed by atoms with Gasteiger partial charge in [-0.25, -0.2) is 0 Å². The molecule has 8 heteroatoms. The van der Waals surface area contributed by atoms with Crippen LogP contribution in [0.15, 0.2) is 53.9 Å². The van der Waals surface area contributed by atoms with E-state index in [1.807, 2.05) is 31.2 Å². The van der Waals surface area contributed by atoms with Crippen molar-refractivity contribution >= 4 is 17.4 Å². The molecule has 1 aliphatic rings. The lowest BCUT2D eigenvalue weighted by atomic mass is 9.92. The Morgan fingerprint density at radius 2 is 1.84 bits per heavy atom. The molecular weight excluding hydrogens is 410 g/mol. The third-order valence-electron chi connectivity index (χ3n) is 5.44. The van der Waals surface area contributed by atoms with Crippen molar-refractivity contribution < 1.29 is 24.2 Å². The Kier molecular flexibility index (Phi) is 7.05. The van der Waals surface area contributed by atoms with Crippen LogP contribution < -0.4 is 15.4 Å². The molecule has 1 aliphatic carbocycles. The summed E-state index contributed by atoms with van der Waals surface area (Å²) in [5.74, 6) is -0.0163. The van der Waals surface area contributed by atoms with Crippen molar-refractivity contribution in [2.24, 2.45) is 0 Å². The largest absolute Gasteiger partial charge is 0.505 e. The molecule has 2 atom stereocenters. The zero-order chi connectivity index (χ0) is 23.4. The van der Waals surface area contributed by atoms with Gasteiger partial charge in [0.15, 0.2) is 11.9 Å². The van der Waals surface area contributed by atoms with E-state index in [2.05, 4.69) is 10.6 Å². The van der Waals surface area contributed by atoms with Gasteiger partial charge < -0.3 is 30.1 Å². The SMILES string of the molecule is CCC(NC1=C(Nc2cccc(C(=O)N(C)C)c2O)C(=O)C1OC)c1ccc(OC)cc1. The number of nitrogens with one attached hydrogen (secondary N) is 2. The highest BCUT2D eigenvalue weighted by Gasteiger charge is 2.41. The Labute approximate surface area is 187 Å². The Morgan fingerprint density at radius 3 is 2.41 bits per heavy atom. The molecule has 32 heavy (non-hydrogen) atoms. The van der Waals surface area contributed by atoms with Gasteiger partial charge in [0.05, 0.1) is 30.1 Å². The average molecular weight is 440 g/mol. The Balaban J connectivity index is 1.91. The van der Waals surface area contributed by atoms with Crippen molar-refractivity contribution in [2.45, 2.75) is 25.5 Å². The first-order chi connectivity index (χ1) is 15.3. The normalized spacial score (nSPS) is 16.3. The van der Waals surface area contributed by atoms with Gasteiger partial charge in [-0.05, 0) is 36.2 Å². The number of benzene rings is 2. The maximum absolute atomic E-state index is 12.7. The zero-order valence-electron chi connectivity index (χ0n) is 18.9. The first-order valence-electron chi connectivity index (χ1n) is 10.3. The first-order valence-corrected chi connectivity index (χ1v) is 10.3. The summed E-state index contributed by atoms with van der Waals surface area (Å²) in [5, 5.41) is 17.0. The number of amides is 1. The van der Waals surface area contributed by atoms with E-state index in [0.717, 1.165) is 17.7 Å². The number of hydrogen-bond acceptors (Lipinski definition) is 7. The highest BCUT2D eigenvalue weighted by atomic mass is 16.5. The van der Waals surface area contributed by atoms with Crippen LogP contribution in [0.5, 0.6) is 11.5 Å². The number of phenolic OH excluding ortho intramolecular Hbond substituents is 1. The lowest BCUT2D eigenvalue weighted by molar-refractivity contribution is -0.126. The molecule has 1 amide bonds. The van der Waals surface area contributed by atoms with Gasteiger partial charge in [-0.15, -0.1) is 0 Å². The Hall–Kier alpha value is -3.52. The zero-order valence-corrected chi connectivity index (χ0v) is 18.9. The second kappa shape index (κ2) is 9.74. The number of ketones is 1. The van der Waals surface area contributed by atoms with Crippen LogP contribution in [0.3, 0.4) is 0 Å². The minimum atomic E-state index is -0.724. The molecular formula is C24H29N3O5. The van der Waals surface area contributed by atoms with Crippen molar-refractivity contribution in [3.8, 4) is 11.5 Å². The summed E-state index contributed by atoms with van der Waals surface area (Å²) in [4.78, 5) is 26.4. The van der Waals surface area contributed by atoms with E-state index in [1.54, 1.807) is 33.3 Å². The van der Waals surface area contributed by atoms with Gasteiger partial charge in [0.1, 0.15) is 11.4 Å². The quantitative estimate of drug-likeness (QED) is 0.516. The van der Waals surface area contributed by atoms with Gasteiger partial charge >= 0.3 is 0 Å². The molecule has 8 nitrogen and oxygen atoms in total. The first kappa shape index (κ1) is 23.1. The van der Waals surface area contributed by atoms with Crippen LogP contribution >= 0.6 is 0 Å². The lowest BCUT2D eigenvalue weighted by Gasteiger charge is -2.35. The number of rotatable bonds is 9. The Morgan fingerprint density at radius 1 is 1.16 bits per heavy atom. The molecule has 0 heterocycles. The molecule has 2 unspecified atom stereocenters. The van der Waals surface area contributed by atoms with Crippen LogP contribution in [0.4, 0.5) is 5.69 Å². The number of phenols is 1. The number of para-hydroxylation sites is 1. The second-order valence-electron chi connectivity index (χ2n) is 7.67. The van der Waals surface area contributed by atoms with Crippen LogP contribution in [-0.4, -0.2) is 56.1 Å². The van der Waals surface area contributed by atoms with Gasteiger partial charge in [0, 0.05) is 21.2 Å². The summed E-state index contributed by atoms with van der Waals surface area (Å²) in [6.45, 7) is 2.04. The number of Topliss-reactive ketones (excluding diaryl/α,β-unsaturated/α-hetero) is 1. The average Bonchev–Trinajstić information content (AvgIpc) is 2.80. The van der Waals surface area contributed by atoms with E-state index in [0.29, 0.717) is 11.4 Å². The van der Waals surface area contributed by atoms with Crippen LogP contribution in [-0.2, 0) is 9.53 Å². The standard InChI is InChI=1S/C24H29N3O5/c1-6-17(14-10-12-15(31-4)13-11-14)25-20-19(22(29)23(20)32-5)26-18-9-7-8-16(21(18)28)24(30)27(2)3/h7-13,17,23,25-26,28H,6H2,1-5H3. The van der Waals surface area contributed by atoms with Gasteiger partial charge in [-0.3, -0.25) is 9.59 Å². The topological polar surface area (TPSA) is 100 Å². The van der Waals surface area contributed by atoms with Crippen LogP contribution in [0.2, 0.25) is 0 Å². The molecule has 0 spiro atoms. The molecule has 2 aromatic carbocycles. The number of carbonyl (C=O) groups excluding carboxylic acids is 2. The minimum Gasteiger partial charge on any atom is -0.505 e. The van der Waals surface area contributed by atoms with E-state index in [1.165, 1.54) is 18.1 Å². The van der Waals surface area contributed by atoms with Gasteiger partial charge in [-0.1, -0.05) is 25.1 Å². The summed E-state index contributed by atoms with van der Waals surface area (Å²) in [6, 6.07) is 12.4. The molecule has 3 rings (SSSR count). The van der Waals surface area contributed by atoms with Crippen LogP contribution in [0, 0.1) is 0 Å². The molecule has 0 bridgehead atoms. The molecule has 170 valence electrons. The van der Waals surface area contributed by atoms with Crippen molar-refractivity contribution in [3.63, 3.8) is 0 Å². The number of hydrogen-bond donors (Lipinski definition) is 3. The molecule has 0 saturated carbocycles. The summed E-state index contributed by atoms with van der Waals surface area (Å²) < 4.78 is 10.6. The van der Waals surface area contributed by atoms with Crippen LogP contribution in [0.1, 0.15) is 35.3 Å². The third-order valence-corrected chi connectivity index (χ3v) is 5.44. The van der Waals surface area contributed by atoms with E-state index in [4.69, 9.17) is 9.47 Å².